The summed E-state index contributed by atoms with van der Waals surface area (Å²) in [5.41, 5.74) is 0.951. The van der Waals surface area contributed by atoms with E-state index >= 15 is 0 Å². The highest BCUT2D eigenvalue weighted by Crippen LogP contribution is 2.26. The van der Waals surface area contributed by atoms with Crippen LogP contribution in [0.25, 0.3) is 0 Å². The number of methoxy groups -OCH3 is 1. The van der Waals surface area contributed by atoms with Crippen molar-refractivity contribution < 1.29 is 14.4 Å². The SMILES string of the molecule is COCc1cc(CN(CCCO)C2CCC2)no1. The van der Waals surface area contributed by atoms with Gasteiger partial charge in [0.25, 0.3) is 0 Å². The van der Waals surface area contributed by atoms with E-state index in [-0.39, 0.29) is 6.61 Å². The molecule has 0 bridgehead atoms. The molecule has 18 heavy (non-hydrogen) atoms. The predicted octanol–water partition coefficient (Wildman–Crippen LogP) is 1.56. The first-order valence-electron chi connectivity index (χ1n) is 6.62. The molecule has 0 atom stereocenters. The molecule has 1 aliphatic carbocycles. The highest BCUT2D eigenvalue weighted by molar-refractivity contribution is 5.05. The minimum absolute atomic E-state index is 0.247. The molecule has 0 aliphatic heterocycles. The third kappa shape index (κ3) is 3.54. The molecule has 102 valence electrons. The van der Waals surface area contributed by atoms with E-state index in [1.54, 1.807) is 7.11 Å². The highest BCUT2D eigenvalue weighted by Gasteiger charge is 2.25. The normalized spacial score (nSPS) is 16.2. The number of aromatic nitrogens is 1. The summed E-state index contributed by atoms with van der Waals surface area (Å²) in [7, 11) is 1.64. The van der Waals surface area contributed by atoms with E-state index in [0.29, 0.717) is 12.6 Å². The lowest BCUT2D eigenvalue weighted by atomic mass is 9.91. The van der Waals surface area contributed by atoms with Gasteiger partial charge >= 0.3 is 0 Å². The monoisotopic (exact) mass is 254 g/mol. The number of hydrogen-bond donors (Lipinski definition) is 1. The summed E-state index contributed by atoms with van der Waals surface area (Å²) in [6.07, 6.45) is 4.65. The minimum atomic E-state index is 0.247. The van der Waals surface area contributed by atoms with Gasteiger partial charge < -0.3 is 14.4 Å². The van der Waals surface area contributed by atoms with Crippen LogP contribution in [0.3, 0.4) is 0 Å². The van der Waals surface area contributed by atoms with Gasteiger partial charge in [-0.25, -0.2) is 0 Å². The molecule has 1 aromatic rings. The van der Waals surface area contributed by atoms with E-state index in [1.807, 2.05) is 6.07 Å². The van der Waals surface area contributed by atoms with E-state index in [1.165, 1.54) is 19.3 Å². The van der Waals surface area contributed by atoms with Crippen LogP contribution in [0.15, 0.2) is 10.6 Å². The Morgan fingerprint density at radius 2 is 2.39 bits per heavy atom. The van der Waals surface area contributed by atoms with Crippen molar-refractivity contribution in [2.75, 3.05) is 20.3 Å². The van der Waals surface area contributed by atoms with Crippen LogP contribution in [0.1, 0.15) is 37.1 Å². The van der Waals surface area contributed by atoms with Crippen LogP contribution in [-0.2, 0) is 17.9 Å². The Labute approximate surface area is 108 Å². The first-order chi connectivity index (χ1) is 8.83. The second kappa shape index (κ2) is 6.87. The van der Waals surface area contributed by atoms with Crippen LogP contribution in [-0.4, -0.2) is 41.5 Å². The molecule has 0 saturated heterocycles. The Hall–Kier alpha value is -0.910. The van der Waals surface area contributed by atoms with Crippen molar-refractivity contribution in [2.24, 2.45) is 0 Å². The van der Waals surface area contributed by atoms with Gasteiger partial charge in [-0.2, -0.15) is 0 Å². The fourth-order valence-corrected chi connectivity index (χ4v) is 2.27. The van der Waals surface area contributed by atoms with E-state index in [9.17, 15) is 0 Å². The molecule has 1 aromatic heterocycles. The Morgan fingerprint density at radius 1 is 1.56 bits per heavy atom. The molecule has 5 nitrogen and oxygen atoms in total. The molecule has 0 radical (unpaired) electrons. The van der Waals surface area contributed by atoms with Crippen molar-refractivity contribution in [3.63, 3.8) is 0 Å². The maximum absolute atomic E-state index is 8.95. The third-order valence-electron chi connectivity index (χ3n) is 3.45. The number of aliphatic hydroxyl groups excluding tert-OH is 1. The molecule has 1 aliphatic rings. The zero-order chi connectivity index (χ0) is 12.8. The van der Waals surface area contributed by atoms with Crippen molar-refractivity contribution in [1.82, 2.24) is 10.1 Å². The Kier molecular flexibility index (Phi) is 5.16. The summed E-state index contributed by atoms with van der Waals surface area (Å²) in [4.78, 5) is 2.40. The average molecular weight is 254 g/mol. The standard InChI is InChI=1S/C13H22N2O3/c1-17-10-13-8-11(14-18-13)9-15(6-3-7-16)12-4-2-5-12/h8,12,16H,2-7,9-10H2,1H3. The van der Waals surface area contributed by atoms with Crippen molar-refractivity contribution in [2.45, 2.75) is 44.9 Å². The van der Waals surface area contributed by atoms with Crippen LogP contribution in [0, 0.1) is 0 Å². The number of rotatable bonds is 8. The van der Waals surface area contributed by atoms with Crippen molar-refractivity contribution in [3.05, 3.63) is 17.5 Å². The van der Waals surface area contributed by atoms with Gasteiger partial charge in [0.15, 0.2) is 5.76 Å². The van der Waals surface area contributed by atoms with E-state index in [4.69, 9.17) is 14.4 Å². The second-order valence-electron chi connectivity index (χ2n) is 4.85. The van der Waals surface area contributed by atoms with Crippen molar-refractivity contribution >= 4 is 0 Å². The van der Waals surface area contributed by atoms with Gasteiger partial charge in [-0.3, -0.25) is 4.90 Å². The fraction of sp³-hybridized carbons (Fsp3) is 0.769. The van der Waals surface area contributed by atoms with Crippen LogP contribution in [0.2, 0.25) is 0 Å². The van der Waals surface area contributed by atoms with E-state index in [2.05, 4.69) is 10.1 Å². The Bertz CT molecular complexity index is 350. The number of aliphatic hydroxyl groups is 1. The predicted molar refractivity (Wildman–Crippen MR) is 67.0 cm³/mol. The molecule has 0 amide bonds. The number of nitrogens with zero attached hydrogens (tertiary/aromatic N) is 2. The zero-order valence-corrected chi connectivity index (χ0v) is 11.0. The van der Waals surface area contributed by atoms with E-state index in [0.717, 1.165) is 31.0 Å². The second-order valence-corrected chi connectivity index (χ2v) is 4.85. The summed E-state index contributed by atoms with van der Waals surface area (Å²) in [6.45, 7) is 2.44. The molecule has 0 aromatic carbocycles. The van der Waals surface area contributed by atoms with Gasteiger partial charge in [-0.15, -0.1) is 0 Å². The smallest absolute Gasteiger partial charge is 0.162 e. The van der Waals surface area contributed by atoms with Gasteiger partial charge in [0, 0.05) is 38.9 Å². The van der Waals surface area contributed by atoms with Crippen LogP contribution < -0.4 is 0 Å². The van der Waals surface area contributed by atoms with Gasteiger partial charge in [0.2, 0.25) is 0 Å². The molecule has 0 unspecified atom stereocenters. The molecule has 5 heteroatoms. The highest BCUT2D eigenvalue weighted by atomic mass is 16.5. The summed E-state index contributed by atoms with van der Waals surface area (Å²) in [6, 6.07) is 2.60. The maximum Gasteiger partial charge on any atom is 0.162 e. The summed E-state index contributed by atoms with van der Waals surface area (Å²) < 4.78 is 10.2. The Balaban J connectivity index is 1.89. The molecule has 1 heterocycles. The topological polar surface area (TPSA) is 58.7 Å². The lowest BCUT2D eigenvalue weighted by molar-refractivity contribution is 0.106. The summed E-state index contributed by atoms with van der Waals surface area (Å²) in [5.74, 6) is 0.767. The van der Waals surface area contributed by atoms with Crippen molar-refractivity contribution in [1.29, 1.82) is 0 Å². The molecular weight excluding hydrogens is 232 g/mol. The molecule has 0 spiro atoms. The van der Waals surface area contributed by atoms with Crippen LogP contribution in [0.4, 0.5) is 0 Å². The van der Waals surface area contributed by atoms with Gasteiger partial charge in [0.1, 0.15) is 6.61 Å². The summed E-state index contributed by atoms with van der Waals surface area (Å²) in [5, 5.41) is 13.0. The van der Waals surface area contributed by atoms with Crippen molar-refractivity contribution in [3.8, 4) is 0 Å². The Morgan fingerprint density at radius 3 is 3.00 bits per heavy atom. The average Bonchev–Trinajstić information content (AvgIpc) is 2.72. The van der Waals surface area contributed by atoms with E-state index < -0.39 is 0 Å². The van der Waals surface area contributed by atoms with Gasteiger partial charge in [-0.05, 0) is 19.3 Å². The maximum atomic E-state index is 8.95. The van der Waals surface area contributed by atoms with Gasteiger partial charge in [0.05, 0.1) is 5.69 Å². The minimum Gasteiger partial charge on any atom is -0.396 e. The molecule has 1 N–H and O–H groups in total. The van der Waals surface area contributed by atoms with Crippen LogP contribution >= 0.6 is 0 Å². The quantitative estimate of drug-likeness (QED) is 0.763. The molecule has 2 rings (SSSR count). The number of hydrogen-bond acceptors (Lipinski definition) is 5. The summed E-state index contributed by atoms with van der Waals surface area (Å²) >= 11 is 0. The zero-order valence-electron chi connectivity index (χ0n) is 11.0. The lowest BCUT2D eigenvalue weighted by Gasteiger charge is -2.37. The lowest BCUT2D eigenvalue weighted by Crippen LogP contribution is -2.40. The first-order valence-corrected chi connectivity index (χ1v) is 6.62. The third-order valence-corrected chi connectivity index (χ3v) is 3.45. The molecule has 1 saturated carbocycles. The molecule has 1 fully saturated rings. The fourth-order valence-electron chi connectivity index (χ4n) is 2.27. The molecular formula is C13H22N2O3. The largest absolute Gasteiger partial charge is 0.396 e. The first kappa shape index (κ1) is 13.5. The van der Waals surface area contributed by atoms with Gasteiger partial charge in [-0.1, -0.05) is 11.6 Å². The van der Waals surface area contributed by atoms with Crippen LogP contribution in [0.5, 0.6) is 0 Å². The number of ether oxygens (including phenoxy) is 1.